The molecule has 0 aliphatic rings. The highest BCUT2D eigenvalue weighted by Gasteiger charge is 2.10. The Morgan fingerprint density at radius 1 is 1.11 bits per heavy atom. The van der Waals surface area contributed by atoms with Crippen molar-refractivity contribution >= 4 is 16.6 Å². The molecule has 0 amide bonds. The molecule has 3 rings (SSSR count). The number of nitrogens with zero attached hydrogens (tertiary/aromatic N) is 1. The topological polar surface area (TPSA) is 45.8 Å². The van der Waals surface area contributed by atoms with Crippen LogP contribution < -0.4 is 0 Å². The van der Waals surface area contributed by atoms with E-state index in [9.17, 15) is 4.79 Å². The van der Waals surface area contributed by atoms with Gasteiger partial charge < -0.3 is 4.98 Å². The van der Waals surface area contributed by atoms with Crippen molar-refractivity contribution in [3.05, 3.63) is 66.2 Å². The Balaban J connectivity index is 1.85. The maximum atomic E-state index is 12.3. The standard InChI is InChI=1S/C16H14N2O/c19-15(8-9-16-17-10-11-18-16)14-7-3-5-12-4-1-2-6-13(12)14/h1-7,10-11H,8-9H2,(H,17,18). The van der Waals surface area contributed by atoms with Crippen LogP contribution in [0.15, 0.2) is 54.9 Å². The maximum absolute atomic E-state index is 12.3. The third-order valence-electron chi connectivity index (χ3n) is 3.23. The van der Waals surface area contributed by atoms with Crippen LogP contribution in [-0.4, -0.2) is 15.8 Å². The van der Waals surface area contributed by atoms with Crippen molar-refractivity contribution < 1.29 is 4.79 Å². The molecule has 0 aliphatic heterocycles. The third-order valence-corrected chi connectivity index (χ3v) is 3.23. The van der Waals surface area contributed by atoms with Crippen LogP contribution in [0, 0.1) is 0 Å². The molecule has 0 aliphatic carbocycles. The first kappa shape index (κ1) is 11.7. The minimum atomic E-state index is 0.160. The summed E-state index contributed by atoms with van der Waals surface area (Å²) in [4.78, 5) is 19.5. The number of imidazole rings is 1. The van der Waals surface area contributed by atoms with Gasteiger partial charge in [-0.3, -0.25) is 4.79 Å². The summed E-state index contributed by atoms with van der Waals surface area (Å²) in [6.45, 7) is 0. The van der Waals surface area contributed by atoms with Gasteiger partial charge >= 0.3 is 0 Å². The molecule has 3 heteroatoms. The number of H-pyrrole nitrogens is 1. The smallest absolute Gasteiger partial charge is 0.163 e. The number of rotatable bonds is 4. The third kappa shape index (κ3) is 2.40. The number of carbonyl (C=O) groups excluding carboxylic acids is 1. The van der Waals surface area contributed by atoms with E-state index in [0.717, 1.165) is 22.2 Å². The first-order chi connectivity index (χ1) is 9.34. The van der Waals surface area contributed by atoms with E-state index in [1.54, 1.807) is 12.4 Å². The molecule has 0 unspecified atom stereocenters. The van der Waals surface area contributed by atoms with Gasteiger partial charge in [0.05, 0.1) is 0 Å². The van der Waals surface area contributed by atoms with E-state index in [-0.39, 0.29) is 5.78 Å². The van der Waals surface area contributed by atoms with Crippen molar-refractivity contribution in [2.24, 2.45) is 0 Å². The number of carbonyl (C=O) groups is 1. The highest BCUT2D eigenvalue weighted by Crippen LogP contribution is 2.20. The zero-order chi connectivity index (χ0) is 13.1. The number of hydrogen-bond donors (Lipinski definition) is 1. The molecule has 2 aromatic carbocycles. The number of Topliss-reactive ketones (excluding diaryl/α,β-unsaturated/α-hetero) is 1. The van der Waals surface area contributed by atoms with Gasteiger partial charge in [-0.25, -0.2) is 4.98 Å². The van der Waals surface area contributed by atoms with E-state index in [4.69, 9.17) is 0 Å². The van der Waals surface area contributed by atoms with E-state index in [0.29, 0.717) is 12.8 Å². The van der Waals surface area contributed by atoms with Crippen molar-refractivity contribution in [2.75, 3.05) is 0 Å². The molecule has 0 fully saturated rings. The quantitative estimate of drug-likeness (QED) is 0.721. The average molecular weight is 250 g/mol. The number of aromatic nitrogens is 2. The lowest BCUT2D eigenvalue weighted by Crippen LogP contribution is -2.02. The Kier molecular flexibility index (Phi) is 3.11. The number of benzene rings is 2. The molecule has 3 nitrogen and oxygen atoms in total. The highest BCUT2D eigenvalue weighted by atomic mass is 16.1. The second kappa shape index (κ2) is 5.06. The predicted molar refractivity (Wildman–Crippen MR) is 75.2 cm³/mol. The van der Waals surface area contributed by atoms with E-state index < -0.39 is 0 Å². The number of aromatic amines is 1. The Labute approximate surface area is 111 Å². The van der Waals surface area contributed by atoms with Gasteiger partial charge in [-0.1, -0.05) is 42.5 Å². The molecule has 19 heavy (non-hydrogen) atoms. The maximum Gasteiger partial charge on any atom is 0.163 e. The van der Waals surface area contributed by atoms with Gasteiger partial charge in [0.25, 0.3) is 0 Å². The van der Waals surface area contributed by atoms with E-state index >= 15 is 0 Å². The fraction of sp³-hybridized carbons (Fsp3) is 0.125. The van der Waals surface area contributed by atoms with E-state index in [2.05, 4.69) is 9.97 Å². The van der Waals surface area contributed by atoms with Crippen molar-refractivity contribution in [3.63, 3.8) is 0 Å². The summed E-state index contributed by atoms with van der Waals surface area (Å²) in [6, 6.07) is 13.8. The fourth-order valence-electron chi connectivity index (χ4n) is 2.27. The van der Waals surface area contributed by atoms with E-state index in [1.165, 1.54) is 0 Å². The molecule has 94 valence electrons. The molecule has 0 saturated heterocycles. The second-order valence-electron chi connectivity index (χ2n) is 4.49. The monoisotopic (exact) mass is 250 g/mol. The first-order valence-electron chi connectivity index (χ1n) is 6.34. The lowest BCUT2D eigenvalue weighted by Gasteiger charge is -2.05. The molecule has 1 N–H and O–H groups in total. The molecule has 1 aromatic heterocycles. The number of fused-ring (bicyclic) bond motifs is 1. The molecular weight excluding hydrogens is 236 g/mol. The van der Waals surface area contributed by atoms with Gasteiger partial charge in [-0.05, 0) is 10.8 Å². The molecule has 1 heterocycles. The van der Waals surface area contributed by atoms with Crippen LogP contribution in [0.5, 0.6) is 0 Å². The lowest BCUT2D eigenvalue weighted by molar-refractivity contribution is 0.0984. The summed E-state index contributed by atoms with van der Waals surface area (Å²) >= 11 is 0. The number of hydrogen-bond acceptors (Lipinski definition) is 2. The van der Waals surface area contributed by atoms with Crippen molar-refractivity contribution in [1.29, 1.82) is 0 Å². The minimum absolute atomic E-state index is 0.160. The van der Waals surface area contributed by atoms with Crippen LogP contribution in [0.4, 0.5) is 0 Å². The molecular formula is C16H14N2O. The summed E-state index contributed by atoms with van der Waals surface area (Å²) < 4.78 is 0. The summed E-state index contributed by atoms with van der Waals surface area (Å²) in [6.07, 6.45) is 4.60. The Morgan fingerprint density at radius 2 is 1.95 bits per heavy atom. The van der Waals surface area contributed by atoms with Crippen LogP contribution >= 0.6 is 0 Å². The van der Waals surface area contributed by atoms with Crippen molar-refractivity contribution in [2.45, 2.75) is 12.8 Å². The fourth-order valence-corrected chi connectivity index (χ4v) is 2.27. The van der Waals surface area contributed by atoms with Crippen LogP contribution in [0.2, 0.25) is 0 Å². The molecule has 0 atom stereocenters. The van der Waals surface area contributed by atoms with Gasteiger partial charge in [0.2, 0.25) is 0 Å². The summed E-state index contributed by atoms with van der Waals surface area (Å²) in [5.74, 6) is 1.02. The summed E-state index contributed by atoms with van der Waals surface area (Å²) in [5.41, 5.74) is 0.796. The number of nitrogens with one attached hydrogen (secondary N) is 1. The highest BCUT2D eigenvalue weighted by molar-refractivity contribution is 6.08. The van der Waals surface area contributed by atoms with Gasteiger partial charge in [-0.2, -0.15) is 0 Å². The zero-order valence-corrected chi connectivity index (χ0v) is 10.5. The molecule has 0 saturated carbocycles. The first-order valence-corrected chi connectivity index (χ1v) is 6.34. The van der Waals surface area contributed by atoms with Gasteiger partial charge in [-0.15, -0.1) is 0 Å². The van der Waals surface area contributed by atoms with Crippen LogP contribution in [0.25, 0.3) is 10.8 Å². The van der Waals surface area contributed by atoms with Crippen LogP contribution in [0.3, 0.4) is 0 Å². The Bertz CT molecular complexity index is 696. The molecule has 3 aromatic rings. The zero-order valence-electron chi connectivity index (χ0n) is 10.5. The second-order valence-corrected chi connectivity index (χ2v) is 4.49. The van der Waals surface area contributed by atoms with Gasteiger partial charge in [0.1, 0.15) is 5.82 Å². The number of aryl methyl sites for hydroxylation is 1. The van der Waals surface area contributed by atoms with Crippen LogP contribution in [0.1, 0.15) is 22.6 Å². The molecule has 0 radical (unpaired) electrons. The van der Waals surface area contributed by atoms with Crippen molar-refractivity contribution in [3.8, 4) is 0 Å². The van der Waals surface area contributed by atoms with Crippen LogP contribution in [-0.2, 0) is 6.42 Å². The summed E-state index contributed by atoms with van der Waals surface area (Å²) in [5, 5.41) is 2.13. The number of ketones is 1. The molecule has 0 spiro atoms. The van der Waals surface area contributed by atoms with Crippen molar-refractivity contribution in [1.82, 2.24) is 9.97 Å². The van der Waals surface area contributed by atoms with Gasteiger partial charge in [0, 0.05) is 30.8 Å². The predicted octanol–water partition coefficient (Wildman–Crippen LogP) is 3.38. The normalized spacial score (nSPS) is 10.7. The largest absolute Gasteiger partial charge is 0.349 e. The van der Waals surface area contributed by atoms with Gasteiger partial charge in [0.15, 0.2) is 5.78 Å². The molecule has 0 bridgehead atoms. The Hall–Kier alpha value is -2.42. The Morgan fingerprint density at radius 3 is 2.79 bits per heavy atom. The SMILES string of the molecule is O=C(CCc1ncc[nH]1)c1cccc2ccccc12. The minimum Gasteiger partial charge on any atom is -0.349 e. The lowest BCUT2D eigenvalue weighted by atomic mass is 9.99. The average Bonchev–Trinajstić information content (AvgIpc) is 2.97. The van der Waals surface area contributed by atoms with E-state index in [1.807, 2.05) is 42.5 Å². The summed E-state index contributed by atoms with van der Waals surface area (Å²) in [7, 11) is 0.